The van der Waals surface area contributed by atoms with E-state index in [4.69, 9.17) is 12.3 Å². The van der Waals surface area contributed by atoms with Crippen LogP contribution in [0.2, 0.25) is 39.3 Å². The minimum absolute atomic E-state index is 0.513. The normalized spacial score (nSPS) is 17.6. The van der Waals surface area contributed by atoms with E-state index in [1.54, 1.807) is 0 Å². The van der Waals surface area contributed by atoms with Gasteiger partial charge in [0.2, 0.25) is 25.0 Å². The molecule has 0 aliphatic carbocycles. The van der Waals surface area contributed by atoms with E-state index in [1.165, 1.54) is 0 Å². The van der Waals surface area contributed by atoms with Gasteiger partial charge in [-0.15, -0.1) is 0 Å². The quantitative estimate of drug-likeness (QED) is 0.415. The van der Waals surface area contributed by atoms with Crippen LogP contribution >= 0.6 is 0 Å². The van der Waals surface area contributed by atoms with Gasteiger partial charge in [-0.25, -0.2) is 0 Å². The van der Waals surface area contributed by atoms with Crippen molar-refractivity contribution in [3.63, 3.8) is 0 Å². The van der Waals surface area contributed by atoms with Crippen LogP contribution < -0.4 is 0 Å². The highest BCUT2D eigenvalue weighted by molar-refractivity contribution is 6.85. The molecule has 0 spiro atoms. The fourth-order valence-corrected chi connectivity index (χ4v) is 13.7. The van der Waals surface area contributed by atoms with E-state index in [0.717, 1.165) is 0 Å². The van der Waals surface area contributed by atoms with Gasteiger partial charge in [0.1, 0.15) is 0 Å². The van der Waals surface area contributed by atoms with E-state index < -0.39 is 51.7 Å². The van der Waals surface area contributed by atoms with Crippen LogP contribution in [-0.4, -0.2) is 67.0 Å². The number of rotatable bonds is 12. The molecule has 0 heterocycles. The molecule has 3 unspecified atom stereocenters. The molecule has 151 valence electrons. The van der Waals surface area contributed by atoms with Crippen molar-refractivity contribution in [1.29, 1.82) is 0 Å². The van der Waals surface area contributed by atoms with Gasteiger partial charge < -0.3 is 27.7 Å². The first kappa shape index (κ1) is 25.6. The molecule has 0 aromatic rings. The summed E-state index contributed by atoms with van der Waals surface area (Å²) in [6.07, 6.45) is 1.85. The molecule has 1 radical (unpaired) electrons. The van der Waals surface area contributed by atoms with Gasteiger partial charge >= 0.3 is 9.53 Å². The summed E-state index contributed by atoms with van der Waals surface area (Å²) in [7, 11) is -9.46. The zero-order valence-corrected chi connectivity index (χ0v) is 21.4. The van der Waals surface area contributed by atoms with Gasteiger partial charge in [0.15, 0.2) is 0 Å². The lowest BCUT2D eigenvalue weighted by Crippen LogP contribution is -2.59. The van der Waals surface area contributed by atoms with Crippen LogP contribution in [0.15, 0.2) is 0 Å². The Kier molecular flexibility index (Phi) is 10.5. The van der Waals surface area contributed by atoms with E-state index >= 15 is 0 Å². The van der Waals surface area contributed by atoms with E-state index in [0.29, 0.717) is 19.3 Å². The maximum atomic E-state index is 10.3. The lowest BCUT2D eigenvalue weighted by atomic mass is 10.5. The smallest absolute Gasteiger partial charge is 0.412 e. The summed E-state index contributed by atoms with van der Waals surface area (Å²) in [5, 5.41) is 30.9. The number of hydrogen-bond donors (Lipinski definition) is 3. The Morgan fingerprint density at radius 2 is 0.800 bits per heavy atom. The molecule has 25 heavy (non-hydrogen) atoms. The van der Waals surface area contributed by atoms with Gasteiger partial charge in [0.25, 0.3) is 0 Å². The van der Waals surface area contributed by atoms with Crippen LogP contribution in [-0.2, 0) is 12.3 Å². The molecule has 6 nitrogen and oxygen atoms in total. The highest BCUT2D eigenvalue weighted by atomic mass is 28.5. The minimum Gasteiger partial charge on any atom is -0.412 e. The zero-order chi connectivity index (χ0) is 20.1. The Morgan fingerprint density at radius 3 is 0.960 bits per heavy atom. The fraction of sp³-hybridized carbons (Fsp3) is 1.00. The summed E-state index contributed by atoms with van der Waals surface area (Å²) in [6.45, 7) is 17.5. The van der Waals surface area contributed by atoms with Crippen molar-refractivity contribution in [2.45, 2.75) is 96.5 Å². The van der Waals surface area contributed by atoms with E-state index in [1.807, 2.05) is 60.1 Å². The first-order valence-electron chi connectivity index (χ1n) is 9.21. The highest BCUT2D eigenvalue weighted by Gasteiger charge is 2.46. The van der Waals surface area contributed by atoms with Gasteiger partial charge in [-0.3, -0.25) is 0 Å². The fourth-order valence-electron chi connectivity index (χ4n) is 2.39. The number of aliphatic hydroxyl groups excluding tert-OH is 3. The summed E-state index contributed by atoms with van der Waals surface area (Å²) in [5.41, 5.74) is -1.54. The van der Waals surface area contributed by atoms with Gasteiger partial charge in [0.05, 0.1) is 17.2 Å². The van der Waals surface area contributed by atoms with E-state index in [-0.39, 0.29) is 0 Å². The summed E-state index contributed by atoms with van der Waals surface area (Å²) < 4.78 is 18.7. The second-order valence-electron chi connectivity index (χ2n) is 8.14. The van der Waals surface area contributed by atoms with Crippen molar-refractivity contribution < 1.29 is 27.7 Å². The molecule has 0 aromatic carbocycles. The van der Waals surface area contributed by atoms with Crippen LogP contribution in [0.1, 0.15) is 40.0 Å². The van der Waals surface area contributed by atoms with Gasteiger partial charge in [-0.2, -0.15) is 0 Å². The Balaban J connectivity index is 5.45. The highest BCUT2D eigenvalue weighted by Crippen LogP contribution is 2.24. The molecule has 10 heteroatoms. The molecule has 0 rings (SSSR count). The Hall–Kier alpha value is 0.628. The molecule has 3 atom stereocenters. The van der Waals surface area contributed by atoms with Crippen LogP contribution in [0.4, 0.5) is 0 Å². The molecule has 0 saturated heterocycles. The van der Waals surface area contributed by atoms with Gasteiger partial charge in [-0.1, -0.05) is 20.8 Å². The van der Waals surface area contributed by atoms with Crippen molar-refractivity contribution in [3.8, 4) is 0 Å². The van der Waals surface area contributed by atoms with Crippen molar-refractivity contribution in [3.05, 3.63) is 0 Å². The molecule has 0 aliphatic heterocycles. The largest absolute Gasteiger partial charge is 0.544 e. The predicted molar refractivity (Wildman–Crippen MR) is 110 cm³/mol. The van der Waals surface area contributed by atoms with Crippen LogP contribution in [0.25, 0.3) is 0 Å². The molecular weight excluding hydrogens is 389 g/mol. The zero-order valence-electron chi connectivity index (χ0n) is 17.4. The molecule has 0 amide bonds. The third kappa shape index (κ3) is 8.03. The monoisotopic (exact) mass is 427 g/mol. The molecular formula is C15H39O6Si4. The SMILES string of the molecule is CCC(O)[Si](C)(C)O[Si](O[Si](C)(C)C(O)CC)O[Si](C)(C)C(O)CC. The maximum absolute atomic E-state index is 10.3. The second kappa shape index (κ2) is 10.2. The van der Waals surface area contributed by atoms with Crippen molar-refractivity contribution in [2.24, 2.45) is 0 Å². The third-order valence-corrected chi connectivity index (χ3v) is 19.0. The number of aliphatic hydroxyl groups is 3. The predicted octanol–water partition coefficient (Wildman–Crippen LogP) is 2.57. The number of hydrogen-bond acceptors (Lipinski definition) is 6. The van der Waals surface area contributed by atoms with Crippen molar-refractivity contribution in [1.82, 2.24) is 0 Å². The summed E-state index contributed by atoms with van der Waals surface area (Å²) in [5.74, 6) is 0. The Bertz CT molecular complexity index is 337. The molecule has 0 saturated carbocycles. The minimum atomic E-state index is -2.43. The van der Waals surface area contributed by atoms with E-state index in [2.05, 4.69) is 0 Å². The molecule has 0 bridgehead atoms. The lowest BCUT2D eigenvalue weighted by Gasteiger charge is -2.39. The first-order valence-corrected chi connectivity index (χ1v) is 19.4. The topological polar surface area (TPSA) is 88.4 Å². The summed E-state index contributed by atoms with van der Waals surface area (Å²) in [6, 6.07) is 0. The van der Waals surface area contributed by atoms with Crippen LogP contribution in [0.5, 0.6) is 0 Å². The van der Waals surface area contributed by atoms with Gasteiger partial charge in [-0.05, 0) is 58.5 Å². The maximum Gasteiger partial charge on any atom is 0.544 e. The van der Waals surface area contributed by atoms with Crippen LogP contribution in [0.3, 0.4) is 0 Å². The molecule has 3 N–H and O–H groups in total. The Morgan fingerprint density at radius 1 is 0.600 bits per heavy atom. The third-order valence-electron chi connectivity index (χ3n) is 4.61. The van der Waals surface area contributed by atoms with Crippen LogP contribution in [0, 0.1) is 0 Å². The lowest BCUT2D eigenvalue weighted by molar-refractivity contribution is 0.177. The first-order chi connectivity index (χ1) is 11.2. The van der Waals surface area contributed by atoms with Crippen molar-refractivity contribution in [2.75, 3.05) is 0 Å². The molecule has 0 fully saturated rings. The summed E-state index contributed by atoms with van der Waals surface area (Å²) >= 11 is 0. The average Bonchev–Trinajstić information content (AvgIpc) is 2.50. The van der Waals surface area contributed by atoms with Gasteiger partial charge in [0, 0.05) is 0 Å². The standard InChI is InChI=1S/C15H39O6Si4/c1-10-13(16)23(4,5)19-22(20-24(6,7)14(17)11-2)21-25(8,9)15(18)12-3/h13-18H,10-12H2,1-9H3. The van der Waals surface area contributed by atoms with Crippen molar-refractivity contribution >= 4 is 34.5 Å². The Labute approximate surface area is 158 Å². The summed E-state index contributed by atoms with van der Waals surface area (Å²) in [4.78, 5) is 0. The molecule has 0 aromatic heterocycles. The second-order valence-corrected chi connectivity index (χ2v) is 22.7. The molecule has 0 aliphatic rings. The average molecular weight is 428 g/mol. The van der Waals surface area contributed by atoms with E-state index in [9.17, 15) is 15.3 Å².